The van der Waals surface area contributed by atoms with Gasteiger partial charge in [0.05, 0.1) is 23.3 Å². The Balaban J connectivity index is 2.08. The first-order chi connectivity index (χ1) is 9.67. The van der Waals surface area contributed by atoms with Gasteiger partial charge in [0.2, 0.25) is 0 Å². The van der Waals surface area contributed by atoms with Crippen molar-refractivity contribution >= 4 is 22.4 Å². The minimum atomic E-state index is 0.574. The maximum absolute atomic E-state index is 5.95. The monoisotopic (exact) mass is 268 g/mol. The Kier molecular flexibility index (Phi) is 2.95. The maximum Gasteiger partial charge on any atom is 0.144 e. The topological polar surface area (TPSA) is 90.0 Å². The van der Waals surface area contributed by atoms with E-state index < -0.39 is 0 Å². The van der Waals surface area contributed by atoms with Crippen LogP contribution in [0.2, 0.25) is 0 Å². The van der Waals surface area contributed by atoms with Crippen LogP contribution in [0.25, 0.3) is 22.4 Å². The summed E-state index contributed by atoms with van der Waals surface area (Å²) < 4.78 is 5.48. The third-order valence-electron chi connectivity index (χ3n) is 3.10. The molecule has 1 heterocycles. The maximum atomic E-state index is 5.95. The predicted molar refractivity (Wildman–Crippen MR) is 81.5 cm³/mol. The van der Waals surface area contributed by atoms with Crippen molar-refractivity contribution in [2.24, 2.45) is 0 Å². The van der Waals surface area contributed by atoms with Gasteiger partial charge < -0.3 is 21.2 Å². The summed E-state index contributed by atoms with van der Waals surface area (Å²) in [4.78, 5) is 7.82. The number of benzene rings is 2. The van der Waals surface area contributed by atoms with Gasteiger partial charge in [0.15, 0.2) is 0 Å². The molecule has 0 atom stereocenters. The summed E-state index contributed by atoms with van der Waals surface area (Å²) in [5.74, 6) is 1.45. The van der Waals surface area contributed by atoms with Crippen LogP contribution in [0.15, 0.2) is 36.4 Å². The van der Waals surface area contributed by atoms with Crippen LogP contribution >= 0.6 is 0 Å². The number of nitrogens with two attached hydrogens (primary N) is 2. The first-order valence-electron chi connectivity index (χ1n) is 6.45. The summed E-state index contributed by atoms with van der Waals surface area (Å²) in [6, 6.07) is 11.3. The molecule has 0 amide bonds. The highest BCUT2D eigenvalue weighted by molar-refractivity contribution is 5.85. The second-order valence-electron chi connectivity index (χ2n) is 4.55. The van der Waals surface area contributed by atoms with Crippen molar-refractivity contribution in [3.05, 3.63) is 36.4 Å². The molecule has 1 aromatic heterocycles. The van der Waals surface area contributed by atoms with Gasteiger partial charge in [0.1, 0.15) is 11.6 Å². The second-order valence-corrected chi connectivity index (χ2v) is 4.55. The summed E-state index contributed by atoms with van der Waals surface area (Å²) >= 11 is 0. The second kappa shape index (κ2) is 4.77. The SMILES string of the molecule is CCOc1cc2nc(-c3ccc(N)cc3)[nH]c2cc1N. The molecule has 0 spiro atoms. The van der Waals surface area contributed by atoms with Gasteiger partial charge in [-0.25, -0.2) is 4.98 Å². The van der Waals surface area contributed by atoms with Gasteiger partial charge in [0.25, 0.3) is 0 Å². The molecule has 0 bridgehead atoms. The molecular formula is C15H16N4O. The zero-order chi connectivity index (χ0) is 14.1. The quantitative estimate of drug-likeness (QED) is 0.637. The lowest BCUT2D eigenvalue weighted by molar-refractivity contribution is 0.342. The lowest BCUT2D eigenvalue weighted by Gasteiger charge is -2.05. The van der Waals surface area contributed by atoms with Crippen molar-refractivity contribution in [2.45, 2.75) is 6.92 Å². The molecule has 5 heteroatoms. The zero-order valence-corrected chi connectivity index (χ0v) is 11.2. The average Bonchev–Trinajstić information content (AvgIpc) is 2.83. The van der Waals surface area contributed by atoms with Crippen molar-refractivity contribution in [1.29, 1.82) is 0 Å². The van der Waals surface area contributed by atoms with Crippen LogP contribution in [0, 0.1) is 0 Å². The third kappa shape index (κ3) is 2.14. The summed E-state index contributed by atoms with van der Waals surface area (Å²) in [6.45, 7) is 2.50. The lowest BCUT2D eigenvalue weighted by atomic mass is 10.2. The zero-order valence-electron chi connectivity index (χ0n) is 11.2. The molecule has 102 valence electrons. The van der Waals surface area contributed by atoms with E-state index in [1.54, 1.807) is 0 Å². The Labute approximate surface area is 116 Å². The van der Waals surface area contributed by atoms with Gasteiger partial charge in [-0.05, 0) is 37.3 Å². The van der Waals surface area contributed by atoms with Crippen molar-refractivity contribution in [3.63, 3.8) is 0 Å². The van der Waals surface area contributed by atoms with Gasteiger partial charge in [-0.15, -0.1) is 0 Å². The first kappa shape index (κ1) is 12.3. The van der Waals surface area contributed by atoms with Crippen molar-refractivity contribution in [1.82, 2.24) is 9.97 Å². The molecule has 5 nitrogen and oxygen atoms in total. The van der Waals surface area contributed by atoms with Crippen LogP contribution in [-0.4, -0.2) is 16.6 Å². The van der Waals surface area contributed by atoms with E-state index in [1.807, 2.05) is 43.3 Å². The number of nitrogens with zero attached hydrogens (tertiary/aromatic N) is 1. The Morgan fingerprint density at radius 1 is 1.15 bits per heavy atom. The number of aromatic amines is 1. The molecule has 0 saturated heterocycles. The van der Waals surface area contributed by atoms with Crippen LogP contribution in [0.1, 0.15) is 6.92 Å². The van der Waals surface area contributed by atoms with Crippen molar-refractivity contribution in [3.8, 4) is 17.1 Å². The van der Waals surface area contributed by atoms with Crippen LogP contribution in [0.3, 0.4) is 0 Å². The molecule has 0 aliphatic rings. The fourth-order valence-electron chi connectivity index (χ4n) is 2.11. The molecule has 2 aromatic carbocycles. The number of nitrogen functional groups attached to an aromatic ring is 2. The van der Waals surface area contributed by atoms with E-state index in [4.69, 9.17) is 16.2 Å². The number of hydrogen-bond acceptors (Lipinski definition) is 4. The molecule has 0 aliphatic carbocycles. The van der Waals surface area contributed by atoms with E-state index in [1.165, 1.54) is 0 Å². The number of rotatable bonds is 3. The fourth-order valence-corrected chi connectivity index (χ4v) is 2.11. The van der Waals surface area contributed by atoms with Gasteiger partial charge in [-0.1, -0.05) is 0 Å². The molecule has 0 saturated carbocycles. The molecule has 20 heavy (non-hydrogen) atoms. The highest BCUT2D eigenvalue weighted by Gasteiger charge is 2.09. The standard InChI is InChI=1S/C15H16N4O/c1-2-20-14-8-13-12(7-11(14)17)18-15(19-13)9-3-5-10(16)6-4-9/h3-8H,2,16-17H2,1H3,(H,18,19). The highest BCUT2D eigenvalue weighted by atomic mass is 16.5. The number of nitrogens with one attached hydrogen (secondary N) is 1. The smallest absolute Gasteiger partial charge is 0.144 e. The fraction of sp³-hybridized carbons (Fsp3) is 0.133. The Morgan fingerprint density at radius 3 is 2.60 bits per heavy atom. The molecule has 5 N–H and O–H groups in total. The number of anilines is 2. The first-order valence-corrected chi connectivity index (χ1v) is 6.45. The minimum absolute atomic E-state index is 0.574. The van der Waals surface area contributed by atoms with Gasteiger partial charge in [-0.2, -0.15) is 0 Å². The molecule has 0 fully saturated rings. The van der Waals surface area contributed by atoms with E-state index in [0.29, 0.717) is 18.0 Å². The van der Waals surface area contributed by atoms with Crippen molar-refractivity contribution in [2.75, 3.05) is 18.1 Å². The van der Waals surface area contributed by atoms with Crippen molar-refractivity contribution < 1.29 is 4.74 Å². The molecule has 0 unspecified atom stereocenters. The lowest BCUT2D eigenvalue weighted by Crippen LogP contribution is -1.96. The third-order valence-corrected chi connectivity index (χ3v) is 3.10. The Morgan fingerprint density at radius 2 is 1.90 bits per heavy atom. The number of hydrogen-bond donors (Lipinski definition) is 3. The van der Waals surface area contributed by atoms with Crippen LogP contribution in [0.4, 0.5) is 11.4 Å². The van der Waals surface area contributed by atoms with E-state index in [9.17, 15) is 0 Å². The average molecular weight is 268 g/mol. The van der Waals surface area contributed by atoms with Gasteiger partial charge in [-0.3, -0.25) is 0 Å². The minimum Gasteiger partial charge on any atom is -0.492 e. The molecular weight excluding hydrogens is 252 g/mol. The largest absolute Gasteiger partial charge is 0.492 e. The molecule has 3 rings (SSSR count). The number of aromatic nitrogens is 2. The van der Waals surface area contributed by atoms with E-state index >= 15 is 0 Å². The van der Waals surface area contributed by atoms with Gasteiger partial charge in [0, 0.05) is 17.3 Å². The Hall–Kier alpha value is -2.69. The summed E-state index contributed by atoms with van der Waals surface area (Å²) in [5.41, 5.74) is 15.7. The highest BCUT2D eigenvalue weighted by Crippen LogP contribution is 2.29. The predicted octanol–water partition coefficient (Wildman–Crippen LogP) is 2.79. The van der Waals surface area contributed by atoms with Crippen LogP contribution < -0.4 is 16.2 Å². The molecule has 3 aromatic rings. The number of imidazole rings is 1. The summed E-state index contributed by atoms with van der Waals surface area (Å²) in [5, 5.41) is 0. The molecule has 0 aliphatic heterocycles. The van der Waals surface area contributed by atoms with E-state index in [-0.39, 0.29) is 0 Å². The Bertz CT molecular complexity index is 746. The number of ether oxygens (including phenoxy) is 1. The summed E-state index contributed by atoms with van der Waals surface area (Å²) in [7, 11) is 0. The number of fused-ring (bicyclic) bond motifs is 1. The van der Waals surface area contributed by atoms with Gasteiger partial charge >= 0.3 is 0 Å². The number of H-pyrrole nitrogens is 1. The van der Waals surface area contributed by atoms with E-state index in [2.05, 4.69) is 9.97 Å². The van der Waals surface area contributed by atoms with E-state index in [0.717, 1.165) is 28.1 Å². The molecule has 0 radical (unpaired) electrons. The summed E-state index contributed by atoms with van der Waals surface area (Å²) in [6.07, 6.45) is 0. The van der Waals surface area contributed by atoms with Crippen LogP contribution in [-0.2, 0) is 0 Å². The van der Waals surface area contributed by atoms with Crippen LogP contribution in [0.5, 0.6) is 5.75 Å². The normalized spacial score (nSPS) is 10.8.